The fourth-order valence-corrected chi connectivity index (χ4v) is 2.79. The van der Waals surface area contributed by atoms with Crippen molar-refractivity contribution < 1.29 is 27.6 Å². The third kappa shape index (κ3) is 5.45. The molecule has 1 atom stereocenters. The van der Waals surface area contributed by atoms with Gasteiger partial charge in [-0.05, 0) is 31.2 Å². The lowest BCUT2D eigenvalue weighted by atomic mass is 10.2. The number of hydrogen-bond acceptors (Lipinski definition) is 7. The van der Waals surface area contributed by atoms with Gasteiger partial charge < -0.3 is 10.1 Å². The third-order valence-electron chi connectivity index (χ3n) is 3.84. The fourth-order valence-electron chi connectivity index (χ4n) is 2.56. The Morgan fingerprint density at radius 2 is 2.03 bits per heavy atom. The molecule has 0 aliphatic rings. The number of pyridine rings is 1. The number of amides is 1. The summed E-state index contributed by atoms with van der Waals surface area (Å²) in [5.41, 5.74) is -0.386. The predicted molar refractivity (Wildman–Crippen MR) is 99.8 cm³/mol. The quantitative estimate of drug-likeness (QED) is 0.443. The highest BCUT2D eigenvalue weighted by Gasteiger charge is 2.31. The Bertz CT molecular complexity index is 1120. The van der Waals surface area contributed by atoms with Crippen LogP contribution in [0.15, 0.2) is 42.9 Å². The molecule has 0 radical (unpaired) electrons. The Labute approximate surface area is 176 Å². The zero-order valence-electron chi connectivity index (χ0n) is 15.5. The second-order valence-electron chi connectivity index (χ2n) is 6.08. The average Bonchev–Trinajstić information content (AvgIpc) is 3.16. The minimum atomic E-state index is -4.94. The van der Waals surface area contributed by atoms with Crippen LogP contribution in [0.4, 0.5) is 18.9 Å². The molecule has 0 fully saturated rings. The molecule has 0 saturated carbocycles. The van der Waals surface area contributed by atoms with E-state index < -0.39 is 29.0 Å². The number of nitrogens with zero attached hydrogens (tertiary/aromatic N) is 5. The number of rotatable bonds is 6. The first kappa shape index (κ1) is 22.0. The highest BCUT2D eigenvalue weighted by molar-refractivity contribution is 6.31. The Morgan fingerprint density at radius 3 is 2.65 bits per heavy atom. The van der Waals surface area contributed by atoms with Gasteiger partial charge in [0.25, 0.3) is 11.6 Å². The Morgan fingerprint density at radius 1 is 1.29 bits per heavy atom. The van der Waals surface area contributed by atoms with E-state index in [9.17, 15) is 28.1 Å². The third-order valence-corrected chi connectivity index (χ3v) is 4.05. The van der Waals surface area contributed by atoms with Crippen molar-refractivity contribution in [2.75, 3.05) is 0 Å². The summed E-state index contributed by atoms with van der Waals surface area (Å²) < 4.78 is 42.4. The average molecular weight is 457 g/mol. The van der Waals surface area contributed by atoms with Crippen LogP contribution in [0.2, 0.25) is 5.02 Å². The van der Waals surface area contributed by atoms with Crippen LogP contribution in [0, 0.1) is 10.1 Å². The van der Waals surface area contributed by atoms with Crippen molar-refractivity contribution in [3.05, 3.63) is 69.4 Å². The van der Waals surface area contributed by atoms with Crippen LogP contribution < -0.4 is 10.1 Å². The van der Waals surface area contributed by atoms with Crippen molar-refractivity contribution in [2.24, 2.45) is 0 Å². The summed E-state index contributed by atoms with van der Waals surface area (Å²) in [5.74, 6) is -0.949. The van der Waals surface area contributed by atoms with Gasteiger partial charge in [0.1, 0.15) is 18.3 Å². The number of carbonyl (C=O) groups is 1. The summed E-state index contributed by atoms with van der Waals surface area (Å²) in [5, 5.41) is 17.2. The second kappa shape index (κ2) is 8.55. The maximum atomic E-state index is 12.5. The van der Waals surface area contributed by atoms with Gasteiger partial charge in [-0.25, -0.2) is 9.97 Å². The fraction of sp³-hybridized carbons (Fsp3) is 0.176. The molecule has 1 N–H and O–H groups in total. The summed E-state index contributed by atoms with van der Waals surface area (Å²) in [4.78, 5) is 30.7. The van der Waals surface area contributed by atoms with Gasteiger partial charge >= 0.3 is 6.36 Å². The largest absolute Gasteiger partial charge is 0.573 e. The molecule has 0 bridgehead atoms. The van der Waals surface area contributed by atoms with Crippen LogP contribution >= 0.6 is 11.6 Å². The van der Waals surface area contributed by atoms with Gasteiger partial charge in [0.15, 0.2) is 11.6 Å². The first-order chi connectivity index (χ1) is 14.5. The molecule has 0 aliphatic heterocycles. The van der Waals surface area contributed by atoms with Gasteiger partial charge in [-0.1, -0.05) is 11.6 Å². The van der Waals surface area contributed by atoms with Crippen LogP contribution in [0.1, 0.15) is 29.1 Å². The molecule has 1 aromatic carbocycles. The predicted octanol–water partition coefficient (Wildman–Crippen LogP) is 3.61. The van der Waals surface area contributed by atoms with Gasteiger partial charge in [0.2, 0.25) is 0 Å². The van der Waals surface area contributed by atoms with Crippen molar-refractivity contribution in [2.45, 2.75) is 19.3 Å². The number of benzene rings is 1. The molecule has 2 heterocycles. The van der Waals surface area contributed by atoms with E-state index in [4.69, 9.17) is 11.6 Å². The van der Waals surface area contributed by atoms with Crippen molar-refractivity contribution in [3.8, 4) is 11.6 Å². The highest BCUT2D eigenvalue weighted by Crippen LogP contribution is 2.27. The van der Waals surface area contributed by atoms with Crippen molar-refractivity contribution in [1.82, 2.24) is 25.1 Å². The lowest BCUT2D eigenvalue weighted by Crippen LogP contribution is -2.29. The molecule has 0 aliphatic carbocycles. The number of hydrogen-bond donors (Lipinski definition) is 1. The molecular formula is C17H12ClF3N6O4. The van der Waals surface area contributed by atoms with Crippen molar-refractivity contribution in [3.63, 3.8) is 0 Å². The monoisotopic (exact) mass is 456 g/mol. The summed E-state index contributed by atoms with van der Waals surface area (Å²) in [6, 6.07) is 4.80. The normalized spacial score (nSPS) is 12.3. The molecule has 1 amide bonds. The minimum absolute atomic E-state index is 0.127. The molecule has 10 nitrogen and oxygen atoms in total. The van der Waals surface area contributed by atoms with Crippen LogP contribution in [-0.4, -0.2) is 36.9 Å². The molecule has 3 rings (SSSR count). The minimum Gasteiger partial charge on any atom is -0.406 e. The number of carbonyl (C=O) groups excluding carboxylic acids is 1. The number of aromatic nitrogens is 4. The molecule has 0 unspecified atom stereocenters. The molecule has 0 spiro atoms. The summed E-state index contributed by atoms with van der Waals surface area (Å²) >= 11 is 5.79. The molecule has 162 valence electrons. The first-order valence-electron chi connectivity index (χ1n) is 8.41. The van der Waals surface area contributed by atoms with Gasteiger partial charge in [-0.15, -0.1) is 13.2 Å². The highest BCUT2D eigenvalue weighted by atomic mass is 35.5. The molecule has 31 heavy (non-hydrogen) atoms. The summed E-state index contributed by atoms with van der Waals surface area (Å²) in [6.07, 6.45) is -2.71. The topological polar surface area (TPSA) is 125 Å². The van der Waals surface area contributed by atoms with Gasteiger partial charge in [0.05, 0.1) is 11.0 Å². The number of halogens is 4. The Balaban J connectivity index is 1.80. The van der Waals surface area contributed by atoms with Crippen LogP contribution in [-0.2, 0) is 0 Å². The summed E-state index contributed by atoms with van der Waals surface area (Å²) in [6.45, 7) is 1.56. The number of nitrogens with one attached hydrogen (secondary N) is 1. The molecule has 3 aromatic rings. The SMILES string of the molecule is C[C@H](NC(=O)c1cc(Cl)cc(OC(F)(F)F)c1)c1ncnn1-c1ccc([N+](=O)[O-])cn1. The van der Waals surface area contributed by atoms with Crippen LogP contribution in [0.5, 0.6) is 5.75 Å². The molecular weight excluding hydrogens is 445 g/mol. The smallest absolute Gasteiger partial charge is 0.406 e. The number of ether oxygens (including phenoxy) is 1. The van der Waals surface area contributed by atoms with E-state index in [0.717, 1.165) is 18.3 Å². The lowest BCUT2D eigenvalue weighted by molar-refractivity contribution is -0.385. The van der Waals surface area contributed by atoms with E-state index in [1.165, 1.54) is 29.2 Å². The van der Waals surface area contributed by atoms with Crippen molar-refractivity contribution in [1.29, 1.82) is 0 Å². The maximum Gasteiger partial charge on any atom is 0.573 e. The number of nitro groups is 1. The van der Waals surface area contributed by atoms with Gasteiger partial charge in [0, 0.05) is 16.7 Å². The molecule has 14 heteroatoms. The zero-order chi connectivity index (χ0) is 22.8. The first-order valence-corrected chi connectivity index (χ1v) is 8.79. The van der Waals surface area contributed by atoms with Gasteiger partial charge in [-0.3, -0.25) is 14.9 Å². The van der Waals surface area contributed by atoms with Crippen molar-refractivity contribution >= 4 is 23.2 Å². The standard InChI is InChI=1S/C17H12ClF3N6O4/c1-9(15-23-8-24-26(15)14-3-2-12(7-22-14)27(29)30)25-16(28)10-4-11(18)6-13(5-10)31-17(19,20)21/h2-9H,1H3,(H,25,28)/t9-/m0/s1. The Hall–Kier alpha value is -3.74. The van der Waals surface area contributed by atoms with Gasteiger partial charge in [-0.2, -0.15) is 9.78 Å². The summed E-state index contributed by atoms with van der Waals surface area (Å²) in [7, 11) is 0. The van der Waals surface area contributed by atoms with E-state index in [1.54, 1.807) is 6.92 Å². The van der Waals surface area contributed by atoms with Crippen LogP contribution in [0.3, 0.4) is 0 Å². The van der Waals surface area contributed by atoms with Crippen LogP contribution in [0.25, 0.3) is 5.82 Å². The van der Waals surface area contributed by atoms with E-state index in [-0.39, 0.29) is 27.9 Å². The molecule has 0 saturated heterocycles. The van der Waals surface area contributed by atoms with E-state index in [0.29, 0.717) is 0 Å². The molecule has 2 aromatic heterocycles. The number of alkyl halides is 3. The zero-order valence-corrected chi connectivity index (χ0v) is 16.3. The van der Waals surface area contributed by atoms with E-state index in [1.807, 2.05) is 0 Å². The van der Waals surface area contributed by atoms with E-state index >= 15 is 0 Å². The lowest BCUT2D eigenvalue weighted by Gasteiger charge is -2.15. The maximum absolute atomic E-state index is 12.5. The van der Waals surface area contributed by atoms with E-state index in [2.05, 4.69) is 25.1 Å². The second-order valence-corrected chi connectivity index (χ2v) is 6.52. The Kier molecular flexibility index (Phi) is 6.06.